The van der Waals surface area contributed by atoms with Crippen LogP contribution in [0.25, 0.3) is 33.2 Å². The van der Waals surface area contributed by atoms with Crippen molar-refractivity contribution in [1.82, 2.24) is 9.13 Å². The van der Waals surface area contributed by atoms with E-state index in [-0.39, 0.29) is 5.82 Å². The summed E-state index contributed by atoms with van der Waals surface area (Å²) in [6.45, 7) is 14.2. The topological polar surface area (TPSA) is 13.1 Å². The van der Waals surface area contributed by atoms with Crippen molar-refractivity contribution in [3.63, 3.8) is 0 Å². The van der Waals surface area contributed by atoms with E-state index in [2.05, 4.69) is 145 Å². The Morgan fingerprint density at radius 3 is 1.96 bits per heavy atom. The standard InChI is InChI=1S/C28H25FN2.C16H15N/c1-4-5-7-12-26-19-22-20-27(30(21(2)3)25-15-13-23(29)14-16-25)17-18-28(22)31(26)24-10-8-6-9-11-24;1-12-13(2)17(14-8-4-3-5-9-14)16-11-7-6-10-15(12)16/h4-11,13-20H,1-2,12H2,3H3;3-11H,1-2H3. The van der Waals surface area contributed by atoms with Crippen molar-refractivity contribution in [1.29, 1.82) is 0 Å². The van der Waals surface area contributed by atoms with Gasteiger partial charge >= 0.3 is 0 Å². The molecule has 0 unspecified atom stereocenters. The molecule has 0 atom stereocenters. The number of para-hydroxylation sites is 3. The van der Waals surface area contributed by atoms with Crippen molar-refractivity contribution in [2.45, 2.75) is 27.2 Å². The first-order valence-corrected chi connectivity index (χ1v) is 16.2. The fraction of sp³-hybridized carbons (Fsp3) is 0.0909. The summed E-state index contributed by atoms with van der Waals surface area (Å²) in [6, 6.07) is 44.6. The number of hydrogen-bond acceptors (Lipinski definition) is 1. The summed E-state index contributed by atoms with van der Waals surface area (Å²) >= 11 is 0. The second-order valence-electron chi connectivity index (χ2n) is 11.9. The molecule has 238 valence electrons. The van der Waals surface area contributed by atoms with Crippen LogP contribution in [0.5, 0.6) is 0 Å². The van der Waals surface area contributed by atoms with Gasteiger partial charge in [-0.25, -0.2) is 4.39 Å². The summed E-state index contributed by atoms with van der Waals surface area (Å²) in [4.78, 5) is 2.04. The number of allylic oxidation sites excluding steroid dienone is 4. The molecule has 2 aromatic heterocycles. The number of hydrogen-bond donors (Lipinski definition) is 0. The number of fused-ring (bicyclic) bond motifs is 2. The smallest absolute Gasteiger partial charge is 0.123 e. The second-order valence-corrected chi connectivity index (χ2v) is 11.9. The molecule has 0 fully saturated rings. The van der Waals surface area contributed by atoms with E-state index < -0.39 is 0 Å². The molecule has 0 radical (unpaired) electrons. The molecule has 0 aliphatic heterocycles. The van der Waals surface area contributed by atoms with Crippen LogP contribution in [0.2, 0.25) is 0 Å². The molecule has 0 saturated heterocycles. The molecular weight excluding hydrogens is 590 g/mol. The van der Waals surface area contributed by atoms with Gasteiger partial charge in [0.15, 0.2) is 0 Å². The normalized spacial score (nSPS) is 11.1. The lowest BCUT2D eigenvalue weighted by Crippen LogP contribution is -2.13. The molecule has 3 nitrogen and oxygen atoms in total. The minimum absolute atomic E-state index is 0.252. The van der Waals surface area contributed by atoms with E-state index >= 15 is 0 Å². The van der Waals surface area contributed by atoms with E-state index in [0.717, 1.165) is 40.1 Å². The Balaban J connectivity index is 0.000000198. The Bertz CT molecular complexity index is 2220. The molecule has 2 heterocycles. The minimum Gasteiger partial charge on any atom is -0.315 e. The number of benzene rings is 5. The summed E-state index contributed by atoms with van der Waals surface area (Å²) in [5.41, 5.74) is 11.4. The lowest BCUT2D eigenvalue weighted by Gasteiger charge is -2.25. The van der Waals surface area contributed by atoms with Gasteiger partial charge in [0.05, 0.1) is 11.0 Å². The lowest BCUT2D eigenvalue weighted by atomic mass is 10.1. The number of rotatable bonds is 8. The van der Waals surface area contributed by atoms with Gasteiger partial charge < -0.3 is 14.0 Å². The van der Waals surface area contributed by atoms with Gasteiger partial charge in [-0.2, -0.15) is 0 Å². The van der Waals surface area contributed by atoms with Crippen LogP contribution in [0, 0.1) is 19.7 Å². The van der Waals surface area contributed by atoms with Crippen LogP contribution in [0.4, 0.5) is 15.8 Å². The zero-order chi connectivity index (χ0) is 33.6. The van der Waals surface area contributed by atoms with Crippen LogP contribution in [0.15, 0.2) is 171 Å². The van der Waals surface area contributed by atoms with Crippen LogP contribution in [0.3, 0.4) is 0 Å². The van der Waals surface area contributed by atoms with E-state index in [1.54, 1.807) is 18.2 Å². The lowest BCUT2D eigenvalue weighted by molar-refractivity contribution is 0.628. The molecule has 0 aliphatic rings. The van der Waals surface area contributed by atoms with E-state index in [0.29, 0.717) is 0 Å². The SMILES string of the molecule is C=CC=CCc1cc2cc(N(C(=C)C)c3ccc(F)cc3)ccc2n1-c1ccccc1.Cc1c(C)n(-c2ccccc2)c2ccccc12. The van der Waals surface area contributed by atoms with Gasteiger partial charge in [-0.05, 0) is 105 Å². The highest BCUT2D eigenvalue weighted by molar-refractivity contribution is 5.89. The van der Waals surface area contributed by atoms with Crippen molar-refractivity contribution in [2.75, 3.05) is 4.90 Å². The van der Waals surface area contributed by atoms with Crippen molar-refractivity contribution >= 4 is 33.2 Å². The van der Waals surface area contributed by atoms with E-state index in [1.165, 1.54) is 45.7 Å². The molecule has 0 spiro atoms. The predicted octanol–water partition coefficient (Wildman–Crippen LogP) is 12.0. The number of anilines is 2. The fourth-order valence-electron chi connectivity index (χ4n) is 6.34. The molecule has 7 rings (SSSR count). The first-order chi connectivity index (χ1) is 23.4. The number of aromatic nitrogens is 2. The Morgan fingerprint density at radius 1 is 0.708 bits per heavy atom. The van der Waals surface area contributed by atoms with E-state index in [9.17, 15) is 4.39 Å². The van der Waals surface area contributed by atoms with Crippen molar-refractivity contribution in [3.8, 4) is 11.4 Å². The molecule has 48 heavy (non-hydrogen) atoms. The highest BCUT2D eigenvalue weighted by Gasteiger charge is 2.15. The molecule has 7 aromatic rings. The summed E-state index contributed by atoms with van der Waals surface area (Å²) in [6.07, 6.45) is 6.67. The molecule has 0 aliphatic carbocycles. The third kappa shape index (κ3) is 6.51. The predicted molar refractivity (Wildman–Crippen MR) is 202 cm³/mol. The molecule has 5 aromatic carbocycles. The Kier molecular flexibility index (Phi) is 9.54. The summed E-state index contributed by atoms with van der Waals surface area (Å²) in [5, 5.41) is 2.48. The van der Waals surface area contributed by atoms with E-state index in [1.807, 2.05) is 24.0 Å². The molecule has 4 heteroatoms. The maximum Gasteiger partial charge on any atom is 0.123 e. The van der Waals surface area contributed by atoms with Gasteiger partial charge in [0.25, 0.3) is 0 Å². The maximum absolute atomic E-state index is 13.4. The van der Waals surface area contributed by atoms with Crippen molar-refractivity contribution < 1.29 is 4.39 Å². The molecule has 0 N–H and O–H groups in total. The largest absolute Gasteiger partial charge is 0.315 e. The molecule has 0 saturated carbocycles. The highest BCUT2D eigenvalue weighted by atomic mass is 19.1. The Morgan fingerprint density at radius 2 is 1.31 bits per heavy atom. The van der Waals surface area contributed by atoms with Crippen molar-refractivity contribution in [2.24, 2.45) is 0 Å². The minimum atomic E-state index is -0.252. The maximum atomic E-state index is 13.4. The number of aryl methyl sites for hydroxylation is 1. The second kappa shape index (κ2) is 14.3. The first kappa shape index (κ1) is 32.1. The van der Waals surface area contributed by atoms with Gasteiger partial charge in [0, 0.05) is 57.0 Å². The van der Waals surface area contributed by atoms with Gasteiger partial charge in [-0.15, -0.1) is 0 Å². The Labute approximate surface area is 282 Å². The summed E-state index contributed by atoms with van der Waals surface area (Å²) < 4.78 is 18.1. The first-order valence-electron chi connectivity index (χ1n) is 16.2. The average molecular weight is 630 g/mol. The Hall–Kier alpha value is -5.87. The third-order valence-corrected chi connectivity index (χ3v) is 8.64. The monoisotopic (exact) mass is 629 g/mol. The van der Waals surface area contributed by atoms with Crippen LogP contribution < -0.4 is 4.90 Å². The quantitative estimate of drug-likeness (QED) is 0.152. The van der Waals surface area contributed by atoms with Crippen LogP contribution >= 0.6 is 0 Å². The average Bonchev–Trinajstić information content (AvgIpc) is 3.60. The van der Waals surface area contributed by atoms with Crippen LogP contribution in [-0.2, 0) is 6.42 Å². The molecular formula is C44H40FN3. The zero-order valence-corrected chi connectivity index (χ0v) is 27.8. The molecule has 0 amide bonds. The zero-order valence-electron chi connectivity index (χ0n) is 27.8. The van der Waals surface area contributed by atoms with Crippen LogP contribution in [0.1, 0.15) is 23.9 Å². The van der Waals surface area contributed by atoms with Gasteiger partial charge in [-0.1, -0.05) is 86.0 Å². The molecule has 0 bridgehead atoms. The summed E-state index contributed by atoms with van der Waals surface area (Å²) in [7, 11) is 0. The van der Waals surface area contributed by atoms with Gasteiger partial charge in [-0.3, -0.25) is 0 Å². The van der Waals surface area contributed by atoms with Crippen molar-refractivity contribution in [3.05, 3.63) is 193 Å². The van der Waals surface area contributed by atoms with E-state index in [4.69, 9.17) is 0 Å². The van der Waals surface area contributed by atoms with Gasteiger partial charge in [0.1, 0.15) is 5.82 Å². The fourth-order valence-corrected chi connectivity index (χ4v) is 6.34. The highest BCUT2D eigenvalue weighted by Crippen LogP contribution is 2.34. The number of nitrogens with zero attached hydrogens (tertiary/aromatic N) is 3. The number of halogens is 1. The third-order valence-electron chi connectivity index (χ3n) is 8.64. The summed E-state index contributed by atoms with van der Waals surface area (Å²) in [5.74, 6) is -0.252. The van der Waals surface area contributed by atoms with Crippen LogP contribution in [-0.4, -0.2) is 9.13 Å². The van der Waals surface area contributed by atoms with Gasteiger partial charge in [0.2, 0.25) is 0 Å².